The van der Waals surface area contributed by atoms with Crippen molar-refractivity contribution in [2.45, 2.75) is 45.6 Å². The lowest BCUT2D eigenvalue weighted by atomic mass is 10.1. The molecule has 0 radical (unpaired) electrons. The largest absolute Gasteiger partial charge is 0.357 e. The first-order chi connectivity index (χ1) is 13.0. The highest BCUT2D eigenvalue weighted by Gasteiger charge is 2.37. The van der Waals surface area contributed by atoms with Crippen LogP contribution in [0.2, 0.25) is 0 Å². The summed E-state index contributed by atoms with van der Waals surface area (Å²) in [6.07, 6.45) is 3.37. The van der Waals surface area contributed by atoms with Crippen molar-refractivity contribution in [3.05, 3.63) is 53.3 Å². The molecule has 0 bridgehead atoms. The average molecular weight is 368 g/mol. The number of hydrogen-bond donors (Lipinski definition) is 1. The number of guanidine groups is 1. The molecular weight excluding hydrogens is 334 g/mol. The van der Waals surface area contributed by atoms with Crippen LogP contribution < -0.4 is 5.32 Å². The first kappa shape index (κ1) is 19.5. The number of nitrogens with one attached hydrogen (secondary N) is 1. The Labute approximate surface area is 163 Å². The summed E-state index contributed by atoms with van der Waals surface area (Å²) >= 11 is 0. The first-order valence-electron chi connectivity index (χ1n) is 10.1. The fourth-order valence-corrected chi connectivity index (χ4v) is 3.72. The molecule has 5 nitrogen and oxygen atoms in total. The van der Waals surface area contributed by atoms with Crippen molar-refractivity contribution in [3.63, 3.8) is 0 Å². The van der Waals surface area contributed by atoms with Crippen LogP contribution in [0.3, 0.4) is 0 Å². The van der Waals surface area contributed by atoms with Crippen LogP contribution >= 0.6 is 0 Å². The van der Waals surface area contributed by atoms with E-state index in [0.29, 0.717) is 17.8 Å². The predicted molar refractivity (Wildman–Crippen MR) is 112 cm³/mol. The van der Waals surface area contributed by atoms with Gasteiger partial charge in [0.1, 0.15) is 0 Å². The lowest BCUT2D eigenvalue weighted by Gasteiger charge is -2.22. The van der Waals surface area contributed by atoms with E-state index in [1.165, 1.54) is 23.2 Å². The third-order valence-corrected chi connectivity index (χ3v) is 5.21. The van der Waals surface area contributed by atoms with Crippen molar-refractivity contribution in [1.29, 1.82) is 0 Å². The third kappa shape index (κ3) is 4.90. The number of benzene rings is 1. The number of hydrogen-bond acceptors (Lipinski definition) is 2. The second-order valence-electron chi connectivity index (χ2n) is 7.93. The molecule has 1 aromatic heterocycles. The van der Waals surface area contributed by atoms with Gasteiger partial charge in [-0.25, -0.2) is 0 Å². The number of aromatic nitrogens is 2. The number of nitrogens with zero attached hydrogens (tertiary/aromatic N) is 4. The Morgan fingerprint density at radius 3 is 2.74 bits per heavy atom. The molecule has 5 heteroatoms. The Hall–Kier alpha value is -2.30. The summed E-state index contributed by atoms with van der Waals surface area (Å²) in [7, 11) is 4.10. The standard InChI is InChI=1S/C22H33N5/c1-6-23-22(24-13-18-12-20(18)17-10-8-7-9-11-17)26(4)14-19-15-27(5)25-21(19)16(2)3/h7-11,15-16,18,20H,6,12-14H2,1-5H3,(H,23,24). The summed E-state index contributed by atoms with van der Waals surface area (Å²) in [4.78, 5) is 7.15. The molecule has 1 heterocycles. The molecule has 2 unspecified atom stereocenters. The summed E-state index contributed by atoms with van der Waals surface area (Å²) in [6.45, 7) is 9.09. The number of aliphatic imine (C=N–C) groups is 1. The average Bonchev–Trinajstić information content (AvgIpc) is 3.33. The van der Waals surface area contributed by atoms with Gasteiger partial charge in [0.15, 0.2) is 5.96 Å². The molecule has 1 N–H and O–H groups in total. The smallest absolute Gasteiger partial charge is 0.193 e. The topological polar surface area (TPSA) is 45.5 Å². The molecule has 0 spiro atoms. The molecule has 0 amide bonds. The summed E-state index contributed by atoms with van der Waals surface area (Å²) in [5.74, 6) is 2.75. The van der Waals surface area contributed by atoms with E-state index in [4.69, 9.17) is 4.99 Å². The second-order valence-corrected chi connectivity index (χ2v) is 7.93. The van der Waals surface area contributed by atoms with Gasteiger partial charge in [-0.3, -0.25) is 9.67 Å². The van der Waals surface area contributed by atoms with E-state index in [1.54, 1.807) is 0 Å². The third-order valence-electron chi connectivity index (χ3n) is 5.21. The Kier molecular flexibility index (Phi) is 6.19. The minimum absolute atomic E-state index is 0.423. The van der Waals surface area contributed by atoms with Gasteiger partial charge in [0.05, 0.1) is 5.69 Å². The maximum absolute atomic E-state index is 4.93. The Balaban J connectivity index is 1.64. The SMILES string of the molecule is CCNC(=NCC1CC1c1ccccc1)N(C)Cc1cn(C)nc1C(C)C. The summed E-state index contributed by atoms with van der Waals surface area (Å²) in [5, 5.41) is 8.07. The minimum Gasteiger partial charge on any atom is -0.357 e. The van der Waals surface area contributed by atoms with Gasteiger partial charge in [0.2, 0.25) is 0 Å². The fraction of sp³-hybridized carbons (Fsp3) is 0.545. The first-order valence-corrected chi connectivity index (χ1v) is 10.1. The van der Waals surface area contributed by atoms with E-state index < -0.39 is 0 Å². The zero-order chi connectivity index (χ0) is 19.4. The Morgan fingerprint density at radius 2 is 2.07 bits per heavy atom. The van der Waals surface area contributed by atoms with Gasteiger partial charge in [0, 0.05) is 45.5 Å². The van der Waals surface area contributed by atoms with Crippen molar-refractivity contribution in [1.82, 2.24) is 20.0 Å². The predicted octanol–water partition coefficient (Wildman–Crippen LogP) is 3.74. The van der Waals surface area contributed by atoms with Crippen LogP contribution in [0.4, 0.5) is 0 Å². The van der Waals surface area contributed by atoms with Gasteiger partial charge >= 0.3 is 0 Å². The van der Waals surface area contributed by atoms with Gasteiger partial charge in [-0.05, 0) is 36.7 Å². The number of rotatable bonds is 7. The van der Waals surface area contributed by atoms with E-state index in [9.17, 15) is 0 Å². The van der Waals surface area contributed by atoms with E-state index in [2.05, 4.69) is 79.7 Å². The molecule has 3 rings (SSSR count). The highest BCUT2D eigenvalue weighted by Crippen LogP contribution is 2.47. The van der Waals surface area contributed by atoms with Crippen molar-refractivity contribution >= 4 is 5.96 Å². The summed E-state index contributed by atoms with van der Waals surface area (Å²) < 4.78 is 1.91. The van der Waals surface area contributed by atoms with E-state index in [-0.39, 0.29) is 0 Å². The molecule has 1 aromatic carbocycles. The van der Waals surface area contributed by atoms with Crippen LogP contribution in [-0.2, 0) is 13.6 Å². The highest BCUT2D eigenvalue weighted by molar-refractivity contribution is 5.79. The normalized spacial score (nSPS) is 19.4. The molecule has 27 heavy (non-hydrogen) atoms. The fourth-order valence-electron chi connectivity index (χ4n) is 3.72. The quantitative estimate of drug-likeness (QED) is 0.599. The van der Waals surface area contributed by atoms with Crippen molar-refractivity contribution in [3.8, 4) is 0 Å². The second kappa shape index (κ2) is 8.59. The zero-order valence-electron chi connectivity index (χ0n) is 17.3. The van der Waals surface area contributed by atoms with E-state index in [0.717, 1.165) is 25.6 Å². The number of aryl methyl sites for hydroxylation is 1. The van der Waals surface area contributed by atoms with Crippen LogP contribution in [-0.4, -0.2) is 40.8 Å². The Morgan fingerprint density at radius 1 is 1.33 bits per heavy atom. The maximum Gasteiger partial charge on any atom is 0.193 e. The lowest BCUT2D eigenvalue weighted by molar-refractivity contribution is 0.472. The van der Waals surface area contributed by atoms with Crippen LogP contribution in [0.5, 0.6) is 0 Å². The molecule has 2 atom stereocenters. The van der Waals surface area contributed by atoms with Crippen LogP contribution in [0.1, 0.15) is 55.8 Å². The molecule has 146 valence electrons. The molecule has 1 fully saturated rings. The molecule has 1 aliphatic carbocycles. The van der Waals surface area contributed by atoms with Gasteiger partial charge in [-0.1, -0.05) is 44.2 Å². The van der Waals surface area contributed by atoms with Crippen molar-refractivity contribution < 1.29 is 0 Å². The molecular formula is C22H33N5. The Bertz CT molecular complexity index is 762. The summed E-state index contributed by atoms with van der Waals surface area (Å²) in [5.41, 5.74) is 3.90. The monoisotopic (exact) mass is 367 g/mol. The lowest BCUT2D eigenvalue weighted by Crippen LogP contribution is -2.38. The minimum atomic E-state index is 0.423. The van der Waals surface area contributed by atoms with Gasteiger partial charge in [-0.2, -0.15) is 5.10 Å². The van der Waals surface area contributed by atoms with Crippen LogP contribution in [0, 0.1) is 5.92 Å². The molecule has 0 aliphatic heterocycles. The summed E-state index contributed by atoms with van der Waals surface area (Å²) in [6, 6.07) is 10.8. The van der Waals surface area contributed by atoms with Crippen LogP contribution in [0.15, 0.2) is 41.5 Å². The van der Waals surface area contributed by atoms with Crippen molar-refractivity contribution in [2.24, 2.45) is 18.0 Å². The van der Waals surface area contributed by atoms with Gasteiger partial charge in [-0.15, -0.1) is 0 Å². The maximum atomic E-state index is 4.93. The molecule has 0 saturated heterocycles. The molecule has 2 aromatic rings. The molecule has 1 aliphatic rings. The van der Waals surface area contributed by atoms with Gasteiger partial charge < -0.3 is 10.2 Å². The molecule has 1 saturated carbocycles. The van der Waals surface area contributed by atoms with Crippen LogP contribution in [0.25, 0.3) is 0 Å². The van der Waals surface area contributed by atoms with E-state index >= 15 is 0 Å². The van der Waals surface area contributed by atoms with Crippen molar-refractivity contribution in [2.75, 3.05) is 20.1 Å². The van der Waals surface area contributed by atoms with Gasteiger partial charge in [0.25, 0.3) is 0 Å². The zero-order valence-corrected chi connectivity index (χ0v) is 17.3. The highest BCUT2D eigenvalue weighted by atomic mass is 15.3. The van der Waals surface area contributed by atoms with E-state index in [1.807, 2.05) is 11.7 Å².